The van der Waals surface area contributed by atoms with Crippen LogP contribution in [0.25, 0.3) is 10.9 Å². The van der Waals surface area contributed by atoms with E-state index in [1.165, 1.54) is 25.6 Å². The van der Waals surface area contributed by atoms with Crippen molar-refractivity contribution in [1.82, 2.24) is 14.9 Å². The Labute approximate surface area is 213 Å². The van der Waals surface area contributed by atoms with E-state index in [0.717, 1.165) is 0 Å². The van der Waals surface area contributed by atoms with E-state index in [1.54, 1.807) is 24.1 Å². The summed E-state index contributed by atoms with van der Waals surface area (Å²) in [6.07, 6.45) is 2.68. The van der Waals surface area contributed by atoms with Crippen molar-refractivity contribution < 1.29 is 28.1 Å². The Bertz CT molecular complexity index is 1210. The molecule has 1 N–H and O–H groups in total. The summed E-state index contributed by atoms with van der Waals surface area (Å²) in [5.41, 5.74) is 1.22. The van der Waals surface area contributed by atoms with Crippen molar-refractivity contribution >= 4 is 39.9 Å². The molecule has 4 rings (SSSR count). The van der Waals surface area contributed by atoms with Gasteiger partial charge in [-0.15, -0.1) is 0 Å². The maximum atomic E-state index is 13.6. The molecule has 1 saturated heterocycles. The molecule has 9 nitrogen and oxygen atoms in total. The lowest BCUT2D eigenvalue weighted by atomic mass is 10.1. The van der Waals surface area contributed by atoms with E-state index in [2.05, 4.69) is 15.3 Å². The summed E-state index contributed by atoms with van der Waals surface area (Å²) in [6, 6.07) is 7.97. The fraction of sp³-hybridized carbons (Fsp3) is 0.400. The second-order valence-corrected chi connectivity index (χ2v) is 8.67. The minimum atomic E-state index is -0.502. The standard InChI is InChI=1S/C25H28ClFN4O5/c1-33-9-10-35-22-13-21-18(25(29-15-28-21)30-16-3-4-20(27)19(26)11-16)12-23(22)36-17-5-7-31(8-6-17)24(32)14-34-2/h3-4,11-13,15,17H,5-10,14H2,1-2H3,(H,28,29,30). The predicted molar refractivity (Wildman–Crippen MR) is 134 cm³/mol. The highest BCUT2D eigenvalue weighted by atomic mass is 35.5. The largest absolute Gasteiger partial charge is 0.487 e. The molecule has 1 fully saturated rings. The summed E-state index contributed by atoms with van der Waals surface area (Å²) < 4.78 is 36.0. The highest BCUT2D eigenvalue weighted by Crippen LogP contribution is 2.36. The van der Waals surface area contributed by atoms with Crippen LogP contribution in [0.15, 0.2) is 36.7 Å². The number of methoxy groups -OCH3 is 2. The molecule has 0 bridgehead atoms. The van der Waals surface area contributed by atoms with Gasteiger partial charge in [0.05, 0.1) is 17.1 Å². The number of piperidine rings is 1. The van der Waals surface area contributed by atoms with Crippen molar-refractivity contribution in [3.63, 3.8) is 0 Å². The SMILES string of the molecule is COCCOc1cc2ncnc(Nc3ccc(F)c(Cl)c3)c2cc1OC1CCN(C(=O)COC)CC1. The molecule has 0 atom stereocenters. The van der Waals surface area contributed by atoms with Crippen LogP contribution in [0.3, 0.4) is 0 Å². The number of hydrogen-bond donors (Lipinski definition) is 1. The van der Waals surface area contributed by atoms with Crippen LogP contribution in [-0.4, -0.2) is 74.0 Å². The van der Waals surface area contributed by atoms with Crippen LogP contribution >= 0.6 is 11.6 Å². The molecule has 0 spiro atoms. The van der Waals surface area contributed by atoms with Crippen LogP contribution < -0.4 is 14.8 Å². The topological polar surface area (TPSA) is 95.0 Å². The molecule has 3 aromatic rings. The molecule has 2 heterocycles. The summed E-state index contributed by atoms with van der Waals surface area (Å²) in [5, 5.41) is 3.87. The second kappa shape index (κ2) is 12.2. The molecule has 2 aromatic carbocycles. The van der Waals surface area contributed by atoms with Gasteiger partial charge < -0.3 is 29.2 Å². The van der Waals surface area contributed by atoms with E-state index in [1.807, 2.05) is 6.07 Å². The number of nitrogens with zero attached hydrogens (tertiary/aromatic N) is 3. The van der Waals surface area contributed by atoms with Gasteiger partial charge >= 0.3 is 0 Å². The summed E-state index contributed by atoms with van der Waals surface area (Å²) in [6.45, 7) is 2.00. The Hall–Kier alpha value is -3.21. The van der Waals surface area contributed by atoms with E-state index in [0.29, 0.717) is 73.1 Å². The number of nitrogens with one attached hydrogen (secondary N) is 1. The number of amides is 1. The van der Waals surface area contributed by atoms with Gasteiger partial charge in [0, 0.05) is 57.3 Å². The number of hydrogen-bond acceptors (Lipinski definition) is 8. The molecule has 0 saturated carbocycles. The van der Waals surface area contributed by atoms with E-state index in [9.17, 15) is 9.18 Å². The van der Waals surface area contributed by atoms with Crippen LogP contribution in [0.1, 0.15) is 12.8 Å². The van der Waals surface area contributed by atoms with Crippen LogP contribution in [0, 0.1) is 5.82 Å². The average Bonchev–Trinajstić information content (AvgIpc) is 2.87. The molecule has 0 aliphatic carbocycles. The number of carbonyl (C=O) groups excluding carboxylic acids is 1. The Morgan fingerprint density at radius 2 is 1.92 bits per heavy atom. The normalized spacial score (nSPS) is 14.2. The highest BCUT2D eigenvalue weighted by Gasteiger charge is 2.25. The van der Waals surface area contributed by atoms with E-state index in [-0.39, 0.29) is 23.6 Å². The second-order valence-electron chi connectivity index (χ2n) is 8.26. The van der Waals surface area contributed by atoms with Crippen molar-refractivity contribution in [2.75, 3.05) is 52.4 Å². The monoisotopic (exact) mass is 518 g/mol. The van der Waals surface area contributed by atoms with Crippen LogP contribution in [0.5, 0.6) is 11.5 Å². The summed E-state index contributed by atoms with van der Waals surface area (Å²) >= 11 is 5.93. The van der Waals surface area contributed by atoms with Crippen molar-refractivity contribution in [2.45, 2.75) is 18.9 Å². The van der Waals surface area contributed by atoms with Gasteiger partial charge in [-0.2, -0.15) is 0 Å². The summed E-state index contributed by atoms with van der Waals surface area (Å²) in [7, 11) is 3.11. The lowest BCUT2D eigenvalue weighted by molar-refractivity contribution is -0.136. The van der Waals surface area contributed by atoms with E-state index >= 15 is 0 Å². The van der Waals surface area contributed by atoms with Crippen molar-refractivity contribution in [1.29, 1.82) is 0 Å². The predicted octanol–water partition coefficient (Wildman–Crippen LogP) is 4.21. The number of anilines is 2. The molecular formula is C25H28ClFN4O5. The molecule has 1 aromatic heterocycles. The molecule has 11 heteroatoms. The van der Waals surface area contributed by atoms with Gasteiger partial charge in [0.15, 0.2) is 11.5 Å². The number of benzene rings is 2. The minimum absolute atomic E-state index is 0.00605. The van der Waals surface area contributed by atoms with Crippen molar-refractivity contribution in [3.8, 4) is 11.5 Å². The molecular weight excluding hydrogens is 491 g/mol. The molecule has 1 aliphatic rings. The van der Waals surface area contributed by atoms with Gasteiger partial charge in [0.1, 0.15) is 37.3 Å². The van der Waals surface area contributed by atoms with Gasteiger partial charge in [-0.1, -0.05) is 11.6 Å². The number of aromatic nitrogens is 2. The first-order valence-electron chi connectivity index (χ1n) is 11.5. The lowest BCUT2D eigenvalue weighted by Gasteiger charge is -2.32. The highest BCUT2D eigenvalue weighted by molar-refractivity contribution is 6.31. The van der Waals surface area contributed by atoms with Gasteiger partial charge in [-0.25, -0.2) is 14.4 Å². The van der Waals surface area contributed by atoms with Gasteiger partial charge in [0.2, 0.25) is 5.91 Å². The fourth-order valence-corrected chi connectivity index (χ4v) is 4.11. The average molecular weight is 519 g/mol. The molecule has 192 valence electrons. The Morgan fingerprint density at radius 1 is 1.11 bits per heavy atom. The quantitative estimate of drug-likeness (QED) is 0.399. The zero-order valence-electron chi connectivity index (χ0n) is 20.1. The third-order valence-electron chi connectivity index (χ3n) is 5.78. The first-order valence-corrected chi connectivity index (χ1v) is 11.9. The number of ether oxygens (including phenoxy) is 4. The Kier molecular flexibility index (Phi) is 8.74. The van der Waals surface area contributed by atoms with Gasteiger partial charge in [-0.3, -0.25) is 4.79 Å². The molecule has 1 aliphatic heterocycles. The number of likely N-dealkylation sites (tertiary alicyclic amines) is 1. The molecule has 1 amide bonds. The Balaban J connectivity index is 1.59. The number of halogens is 2. The molecule has 36 heavy (non-hydrogen) atoms. The number of fused-ring (bicyclic) bond motifs is 1. The summed E-state index contributed by atoms with van der Waals surface area (Å²) in [4.78, 5) is 22.6. The fourth-order valence-electron chi connectivity index (χ4n) is 3.93. The molecule has 0 unspecified atom stereocenters. The number of rotatable bonds is 10. The maximum absolute atomic E-state index is 13.6. The van der Waals surface area contributed by atoms with Crippen LogP contribution in [-0.2, 0) is 14.3 Å². The third kappa shape index (κ3) is 6.31. The zero-order valence-corrected chi connectivity index (χ0v) is 20.9. The first kappa shape index (κ1) is 25.9. The first-order chi connectivity index (χ1) is 17.5. The van der Waals surface area contributed by atoms with Crippen molar-refractivity contribution in [2.24, 2.45) is 0 Å². The maximum Gasteiger partial charge on any atom is 0.248 e. The van der Waals surface area contributed by atoms with E-state index in [4.69, 9.17) is 30.5 Å². The van der Waals surface area contributed by atoms with Gasteiger partial charge in [-0.05, 0) is 24.3 Å². The van der Waals surface area contributed by atoms with Gasteiger partial charge in [0.25, 0.3) is 0 Å². The Morgan fingerprint density at radius 3 is 2.64 bits per heavy atom. The molecule has 0 radical (unpaired) electrons. The van der Waals surface area contributed by atoms with Crippen LogP contribution in [0.2, 0.25) is 5.02 Å². The number of carbonyl (C=O) groups is 1. The minimum Gasteiger partial charge on any atom is -0.487 e. The van der Waals surface area contributed by atoms with Crippen molar-refractivity contribution in [3.05, 3.63) is 47.5 Å². The van der Waals surface area contributed by atoms with E-state index < -0.39 is 5.82 Å². The third-order valence-corrected chi connectivity index (χ3v) is 6.07. The zero-order chi connectivity index (χ0) is 25.5. The summed E-state index contributed by atoms with van der Waals surface area (Å²) in [5.74, 6) is 1.05. The smallest absolute Gasteiger partial charge is 0.248 e. The van der Waals surface area contributed by atoms with Crippen LogP contribution in [0.4, 0.5) is 15.9 Å². The lowest BCUT2D eigenvalue weighted by Crippen LogP contribution is -2.43.